The van der Waals surface area contributed by atoms with Crippen molar-refractivity contribution in [2.45, 2.75) is 70.6 Å². The van der Waals surface area contributed by atoms with Gasteiger partial charge < -0.3 is 30.4 Å². The van der Waals surface area contributed by atoms with Gasteiger partial charge in [0.05, 0.1) is 19.5 Å². The summed E-state index contributed by atoms with van der Waals surface area (Å²) in [6.45, 7) is 4.18. The van der Waals surface area contributed by atoms with Crippen molar-refractivity contribution in [3.05, 3.63) is 60.4 Å². The number of benzene rings is 2. The number of imidazole rings is 1. The number of anilines is 4. The maximum atomic E-state index is 12.7. The molecular weight excluding hydrogens is 506 g/mol. The largest absolute Gasteiger partial charge is 0.497 e. The van der Waals surface area contributed by atoms with Crippen molar-refractivity contribution in [2.75, 3.05) is 23.1 Å². The molecule has 4 N–H and O–H groups in total. The number of aromatic nitrogens is 4. The summed E-state index contributed by atoms with van der Waals surface area (Å²) >= 11 is 0. The highest BCUT2D eigenvalue weighted by Crippen LogP contribution is 2.29. The highest BCUT2D eigenvalue weighted by atomic mass is 16.5. The van der Waals surface area contributed by atoms with Crippen LogP contribution in [0.3, 0.4) is 0 Å². The highest BCUT2D eigenvalue weighted by Gasteiger charge is 2.22. The summed E-state index contributed by atoms with van der Waals surface area (Å²) in [5.41, 5.74) is 3.97. The zero-order valence-electron chi connectivity index (χ0n) is 23.2. The first-order valence-corrected chi connectivity index (χ1v) is 13.9. The zero-order valence-corrected chi connectivity index (χ0v) is 23.2. The van der Waals surface area contributed by atoms with Gasteiger partial charge >= 0.3 is 0 Å². The van der Waals surface area contributed by atoms with Gasteiger partial charge in [-0.3, -0.25) is 4.79 Å². The van der Waals surface area contributed by atoms with Gasteiger partial charge in [-0.25, -0.2) is 4.98 Å². The molecule has 2 aromatic heterocycles. The van der Waals surface area contributed by atoms with E-state index in [1.165, 1.54) is 0 Å². The van der Waals surface area contributed by atoms with E-state index in [2.05, 4.69) is 34.8 Å². The summed E-state index contributed by atoms with van der Waals surface area (Å²) in [6.07, 6.45) is 5.86. The summed E-state index contributed by atoms with van der Waals surface area (Å²) < 4.78 is 7.22. The molecule has 0 unspecified atom stereocenters. The molecule has 210 valence electrons. The Hall–Kier alpha value is -4.18. The predicted octanol–water partition coefficient (Wildman–Crippen LogP) is 5.45. The fourth-order valence-corrected chi connectivity index (χ4v) is 4.93. The lowest BCUT2D eigenvalue weighted by Crippen LogP contribution is -2.29. The monoisotopic (exact) mass is 543 g/mol. The van der Waals surface area contributed by atoms with Gasteiger partial charge in [0.1, 0.15) is 5.75 Å². The molecule has 1 saturated carbocycles. The van der Waals surface area contributed by atoms with E-state index in [-0.39, 0.29) is 24.1 Å². The molecule has 2 aromatic carbocycles. The number of aliphatic hydroxyl groups is 1. The Morgan fingerprint density at radius 1 is 1.07 bits per heavy atom. The number of ether oxygens (including phenoxy) is 1. The molecule has 2 heterocycles. The Balaban J connectivity index is 1.30. The van der Waals surface area contributed by atoms with Crippen molar-refractivity contribution in [1.29, 1.82) is 0 Å². The SMILES string of the molecule is COc1ccc(CCC(=O)Nc2cccc(Nc3nc(NC4CCC(O)CC4)nc4c3ncn4C(C)C)c2)cc1. The molecule has 1 aliphatic carbocycles. The molecule has 10 heteroatoms. The minimum Gasteiger partial charge on any atom is -0.497 e. The third-order valence-electron chi connectivity index (χ3n) is 7.22. The molecule has 0 spiro atoms. The third kappa shape index (κ3) is 6.69. The molecule has 0 atom stereocenters. The van der Waals surface area contributed by atoms with Crippen LogP contribution in [0.4, 0.5) is 23.1 Å². The number of carbonyl (C=O) groups excluding carboxylic acids is 1. The fourth-order valence-electron chi connectivity index (χ4n) is 4.93. The number of hydrogen-bond acceptors (Lipinski definition) is 8. The van der Waals surface area contributed by atoms with Crippen molar-refractivity contribution in [2.24, 2.45) is 0 Å². The van der Waals surface area contributed by atoms with Crippen LogP contribution < -0.4 is 20.7 Å². The van der Waals surface area contributed by atoms with Crippen molar-refractivity contribution in [1.82, 2.24) is 19.5 Å². The number of carbonyl (C=O) groups is 1. The second-order valence-electron chi connectivity index (χ2n) is 10.6. The van der Waals surface area contributed by atoms with Crippen LogP contribution in [0.15, 0.2) is 54.9 Å². The average Bonchev–Trinajstić information content (AvgIpc) is 3.38. The Kier molecular flexibility index (Phi) is 8.45. The Bertz CT molecular complexity index is 1440. The van der Waals surface area contributed by atoms with Gasteiger partial charge in [-0.05, 0) is 81.8 Å². The van der Waals surface area contributed by atoms with E-state index in [1.807, 2.05) is 53.1 Å². The summed E-state index contributed by atoms with van der Waals surface area (Å²) in [4.78, 5) is 26.8. The quantitative estimate of drug-likeness (QED) is 0.208. The molecule has 0 saturated heterocycles. The maximum absolute atomic E-state index is 12.7. The standard InChI is InChI=1S/C30H37N7O3/c1-19(2)37-18-31-27-28(35-30(36-29(27)37)34-21-10-12-24(38)13-11-21)33-23-6-4-5-22(17-23)32-26(39)16-9-20-7-14-25(40-3)15-8-20/h4-8,14-15,17-19,21,24,38H,9-13,16H2,1-3H3,(H,32,39)(H2,33,34,35,36). The van der Waals surface area contributed by atoms with E-state index in [9.17, 15) is 9.90 Å². The number of nitrogens with one attached hydrogen (secondary N) is 3. The average molecular weight is 544 g/mol. The number of fused-ring (bicyclic) bond motifs is 1. The normalized spacial score (nSPS) is 17.1. The second kappa shape index (κ2) is 12.3. The number of aryl methyl sites for hydroxylation is 1. The highest BCUT2D eigenvalue weighted by molar-refractivity contribution is 5.92. The summed E-state index contributed by atoms with van der Waals surface area (Å²) in [7, 11) is 1.64. The summed E-state index contributed by atoms with van der Waals surface area (Å²) in [5.74, 6) is 1.86. The third-order valence-corrected chi connectivity index (χ3v) is 7.22. The molecule has 0 bridgehead atoms. The van der Waals surface area contributed by atoms with Crippen molar-refractivity contribution >= 4 is 40.2 Å². The molecule has 5 rings (SSSR count). The second-order valence-corrected chi connectivity index (χ2v) is 10.6. The van der Waals surface area contributed by atoms with E-state index < -0.39 is 0 Å². The first kappa shape index (κ1) is 27.4. The molecule has 0 aliphatic heterocycles. The van der Waals surface area contributed by atoms with Gasteiger partial charge in [0, 0.05) is 29.9 Å². The molecular formula is C30H37N7O3. The van der Waals surface area contributed by atoms with Gasteiger partial charge in [-0.1, -0.05) is 18.2 Å². The van der Waals surface area contributed by atoms with E-state index in [0.717, 1.165) is 48.3 Å². The van der Waals surface area contributed by atoms with E-state index in [4.69, 9.17) is 14.7 Å². The number of aliphatic hydroxyl groups excluding tert-OH is 1. The molecule has 1 aliphatic rings. The number of rotatable bonds is 10. The van der Waals surface area contributed by atoms with Crippen LogP contribution in [0.5, 0.6) is 5.75 Å². The maximum Gasteiger partial charge on any atom is 0.227 e. The van der Waals surface area contributed by atoms with E-state index in [1.54, 1.807) is 13.4 Å². The van der Waals surface area contributed by atoms with Crippen LogP contribution in [0.1, 0.15) is 57.6 Å². The molecule has 1 amide bonds. The van der Waals surface area contributed by atoms with Crippen LogP contribution in [0.25, 0.3) is 11.2 Å². The van der Waals surface area contributed by atoms with E-state index in [0.29, 0.717) is 35.8 Å². The molecule has 4 aromatic rings. The minimum absolute atomic E-state index is 0.0582. The predicted molar refractivity (Wildman–Crippen MR) is 157 cm³/mol. The summed E-state index contributed by atoms with van der Waals surface area (Å²) in [6, 6.07) is 15.7. The summed E-state index contributed by atoms with van der Waals surface area (Å²) in [5, 5.41) is 19.7. The van der Waals surface area contributed by atoms with Crippen LogP contribution in [0, 0.1) is 0 Å². The Morgan fingerprint density at radius 3 is 2.55 bits per heavy atom. The van der Waals surface area contributed by atoms with Gasteiger partial charge in [0.15, 0.2) is 17.0 Å². The smallest absolute Gasteiger partial charge is 0.227 e. The lowest BCUT2D eigenvalue weighted by atomic mass is 9.93. The molecule has 1 fully saturated rings. The molecule has 0 radical (unpaired) electrons. The number of nitrogens with zero attached hydrogens (tertiary/aromatic N) is 4. The lowest BCUT2D eigenvalue weighted by molar-refractivity contribution is -0.116. The van der Waals surface area contributed by atoms with Crippen LogP contribution in [-0.2, 0) is 11.2 Å². The van der Waals surface area contributed by atoms with Crippen molar-refractivity contribution < 1.29 is 14.6 Å². The minimum atomic E-state index is -0.226. The number of methoxy groups -OCH3 is 1. The first-order valence-electron chi connectivity index (χ1n) is 13.9. The van der Waals surface area contributed by atoms with Gasteiger partial charge in [-0.15, -0.1) is 0 Å². The first-order chi connectivity index (χ1) is 19.4. The number of amides is 1. The van der Waals surface area contributed by atoms with Gasteiger partial charge in [0.25, 0.3) is 0 Å². The zero-order chi connectivity index (χ0) is 28.1. The van der Waals surface area contributed by atoms with Crippen LogP contribution >= 0.6 is 0 Å². The van der Waals surface area contributed by atoms with Crippen LogP contribution in [-0.4, -0.2) is 49.8 Å². The molecule has 40 heavy (non-hydrogen) atoms. The topological polar surface area (TPSA) is 126 Å². The van der Waals surface area contributed by atoms with Crippen LogP contribution in [0.2, 0.25) is 0 Å². The Morgan fingerprint density at radius 2 is 1.82 bits per heavy atom. The number of hydrogen-bond donors (Lipinski definition) is 4. The van der Waals surface area contributed by atoms with Gasteiger partial charge in [-0.2, -0.15) is 9.97 Å². The Labute approximate surface area is 234 Å². The fraction of sp³-hybridized carbons (Fsp3) is 0.400. The van der Waals surface area contributed by atoms with E-state index >= 15 is 0 Å². The van der Waals surface area contributed by atoms with Gasteiger partial charge in [0.2, 0.25) is 11.9 Å². The van der Waals surface area contributed by atoms with Crippen molar-refractivity contribution in [3.63, 3.8) is 0 Å². The lowest BCUT2D eigenvalue weighted by Gasteiger charge is -2.26. The van der Waals surface area contributed by atoms with Crippen molar-refractivity contribution in [3.8, 4) is 5.75 Å². The molecule has 10 nitrogen and oxygen atoms in total.